The lowest BCUT2D eigenvalue weighted by molar-refractivity contribution is -0.141. The van der Waals surface area contributed by atoms with E-state index in [4.69, 9.17) is 5.11 Å². The molecule has 0 aliphatic heterocycles. The van der Waals surface area contributed by atoms with Gasteiger partial charge in [-0.25, -0.2) is 0 Å². The number of carbonyl (C=O) groups excluding carboxylic acids is 1. The van der Waals surface area contributed by atoms with Gasteiger partial charge in [-0.3, -0.25) is 9.59 Å². The van der Waals surface area contributed by atoms with Crippen LogP contribution in [0.25, 0.3) is 0 Å². The Bertz CT molecular complexity index is 420. The zero-order chi connectivity index (χ0) is 12.8. The molecule has 0 saturated heterocycles. The molecule has 92 valence electrons. The van der Waals surface area contributed by atoms with Crippen LogP contribution in [-0.2, 0) is 16.0 Å². The minimum Gasteiger partial charge on any atom is -0.480 e. The molecular weight excluding hydrogens is 238 g/mol. The van der Waals surface area contributed by atoms with Crippen LogP contribution in [0.15, 0.2) is 29.2 Å². The molecule has 0 aromatic heterocycles. The van der Waals surface area contributed by atoms with Gasteiger partial charge >= 0.3 is 5.97 Å². The molecular formula is C12H15NO3S. The highest BCUT2D eigenvalue weighted by Crippen LogP contribution is 2.16. The fraction of sp³-hybridized carbons (Fsp3) is 0.333. The molecule has 0 heterocycles. The lowest BCUT2D eigenvalue weighted by Gasteiger charge is -2.09. The Kier molecular flexibility index (Phi) is 5.03. The largest absolute Gasteiger partial charge is 0.480 e. The van der Waals surface area contributed by atoms with E-state index in [1.165, 1.54) is 6.92 Å². The van der Waals surface area contributed by atoms with Crippen LogP contribution in [0.3, 0.4) is 0 Å². The monoisotopic (exact) mass is 253 g/mol. The third kappa shape index (κ3) is 4.48. The molecule has 0 spiro atoms. The first kappa shape index (κ1) is 13.6. The number of aliphatic carboxylic acids is 1. The van der Waals surface area contributed by atoms with E-state index in [1.54, 1.807) is 11.8 Å². The lowest BCUT2D eigenvalue weighted by atomic mass is 10.1. The van der Waals surface area contributed by atoms with Gasteiger partial charge in [0.05, 0.1) is 6.42 Å². The van der Waals surface area contributed by atoms with Gasteiger partial charge in [-0.15, -0.1) is 11.8 Å². The number of amides is 1. The Balaban J connectivity index is 2.58. The summed E-state index contributed by atoms with van der Waals surface area (Å²) in [6.45, 7) is 1.44. The number of carbonyl (C=O) groups is 2. The predicted molar refractivity (Wildman–Crippen MR) is 67.2 cm³/mol. The quantitative estimate of drug-likeness (QED) is 0.781. The summed E-state index contributed by atoms with van der Waals surface area (Å²) >= 11 is 1.60. The van der Waals surface area contributed by atoms with Crippen molar-refractivity contribution in [3.63, 3.8) is 0 Å². The fourth-order valence-electron chi connectivity index (χ4n) is 1.32. The molecule has 1 aromatic rings. The van der Waals surface area contributed by atoms with Crippen LogP contribution in [0.1, 0.15) is 12.5 Å². The van der Waals surface area contributed by atoms with Crippen LogP contribution in [0.5, 0.6) is 0 Å². The average Bonchev–Trinajstić information content (AvgIpc) is 2.28. The third-order valence-corrected chi connectivity index (χ3v) is 2.97. The van der Waals surface area contributed by atoms with Gasteiger partial charge in [-0.2, -0.15) is 0 Å². The molecule has 0 fully saturated rings. The number of rotatable bonds is 5. The van der Waals surface area contributed by atoms with E-state index in [1.807, 2.05) is 30.5 Å². The summed E-state index contributed by atoms with van der Waals surface area (Å²) < 4.78 is 0. The summed E-state index contributed by atoms with van der Waals surface area (Å²) in [7, 11) is 0. The highest BCUT2D eigenvalue weighted by molar-refractivity contribution is 7.98. The zero-order valence-electron chi connectivity index (χ0n) is 9.77. The van der Waals surface area contributed by atoms with Crippen molar-refractivity contribution >= 4 is 23.6 Å². The maximum atomic E-state index is 11.5. The van der Waals surface area contributed by atoms with Gasteiger partial charge < -0.3 is 10.4 Å². The average molecular weight is 253 g/mol. The Morgan fingerprint density at radius 1 is 1.47 bits per heavy atom. The maximum Gasteiger partial charge on any atom is 0.325 e. The van der Waals surface area contributed by atoms with E-state index >= 15 is 0 Å². The Morgan fingerprint density at radius 3 is 2.76 bits per heavy atom. The minimum atomic E-state index is -1.03. The van der Waals surface area contributed by atoms with E-state index in [-0.39, 0.29) is 12.3 Å². The van der Waals surface area contributed by atoms with E-state index in [9.17, 15) is 9.59 Å². The highest BCUT2D eigenvalue weighted by Gasteiger charge is 2.13. The molecule has 0 aliphatic carbocycles. The summed E-state index contributed by atoms with van der Waals surface area (Å²) in [6.07, 6.45) is 2.16. The molecule has 5 heteroatoms. The standard InChI is InChI=1S/C12H15NO3S/c1-8(12(15)16)13-11(14)7-9-4-3-5-10(6-9)17-2/h3-6,8H,7H2,1-2H3,(H,13,14)(H,15,16). The Labute approximate surface area is 104 Å². The van der Waals surface area contributed by atoms with Crippen LogP contribution in [0.2, 0.25) is 0 Å². The number of thioether (sulfide) groups is 1. The van der Waals surface area contributed by atoms with Crippen molar-refractivity contribution in [2.45, 2.75) is 24.3 Å². The number of hydrogen-bond acceptors (Lipinski definition) is 3. The van der Waals surface area contributed by atoms with Crippen LogP contribution < -0.4 is 5.32 Å². The summed E-state index contributed by atoms with van der Waals surface area (Å²) in [5.74, 6) is -1.31. The van der Waals surface area contributed by atoms with Crippen LogP contribution in [0.4, 0.5) is 0 Å². The molecule has 0 bridgehead atoms. The molecule has 1 rings (SSSR count). The SMILES string of the molecule is CSc1cccc(CC(=O)NC(C)C(=O)O)c1. The molecule has 1 unspecified atom stereocenters. The Morgan fingerprint density at radius 2 is 2.18 bits per heavy atom. The van der Waals surface area contributed by atoms with Gasteiger partial charge in [0.2, 0.25) is 5.91 Å². The number of hydrogen-bond donors (Lipinski definition) is 2. The predicted octanol–water partition coefficient (Wildman–Crippen LogP) is 1.54. The van der Waals surface area contributed by atoms with E-state index in [0.29, 0.717) is 0 Å². The van der Waals surface area contributed by atoms with Crippen LogP contribution in [-0.4, -0.2) is 29.3 Å². The Hall–Kier alpha value is -1.49. The number of benzene rings is 1. The van der Waals surface area contributed by atoms with Gasteiger partial charge in [0.1, 0.15) is 6.04 Å². The fourth-order valence-corrected chi connectivity index (χ4v) is 1.81. The molecule has 0 aliphatic rings. The molecule has 1 aromatic carbocycles. The van der Waals surface area contributed by atoms with Crippen molar-refractivity contribution in [3.8, 4) is 0 Å². The molecule has 1 atom stereocenters. The first-order valence-electron chi connectivity index (χ1n) is 5.18. The summed E-state index contributed by atoms with van der Waals surface area (Å²) in [6, 6.07) is 6.77. The van der Waals surface area contributed by atoms with Crippen molar-refractivity contribution in [2.75, 3.05) is 6.26 Å². The summed E-state index contributed by atoms with van der Waals surface area (Å²) in [4.78, 5) is 23.2. The molecule has 17 heavy (non-hydrogen) atoms. The smallest absolute Gasteiger partial charge is 0.325 e. The van der Waals surface area contributed by atoms with Gasteiger partial charge in [0, 0.05) is 4.90 Å². The first-order chi connectivity index (χ1) is 8.02. The molecule has 4 nitrogen and oxygen atoms in total. The molecule has 1 amide bonds. The molecule has 2 N–H and O–H groups in total. The normalized spacial score (nSPS) is 11.9. The van der Waals surface area contributed by atoms with Gasteiger partial charge in [-0.1, -0.05) is 12.1 Å². The summed E-state index contributed by atoms with van der Waals surface area (Å²) in [5, 5.41) is 11.1. The van der Waals surface area contributed by atoms with Crippen molar-refractivity contribution in [1.29, 1.82) is 0 Å². The third-order valence-electron chi connectivity index (χ3n) is 2.25. The van der Waals surface area contributed by atoms with Gasteiger partial charge in [0.15, 0.2) is 0 Å². The lowest BCUT2D eigenvalue weighted by Crippen LogP contribution is -2.39. The minimum absolute atomic E-state index is 0.200. The van der Waals surface area contributed by atoms with E-state index < -0.39 is 12.0 Å². The number of carboxylic acid groups (broad SMARTS) is 1. The molecule has 0 saturated carbocycles. The maximum absolute atomic E-state index is 11.5. The number of nitrogens with one attached hydrogen (secondary N) is 1. The second kappa shape index (κ2) is 6.30. The first-order valence-corrected chi connectivity index (χ1v) is 6.40. The van der Waals surface area contributed by atoms with Crippen LogP contribution in [0, 0.1) is 0 Å². The van der Waals surface area contributed by atoms with Gasteiger partial charge in [0.25, 0.3) is 0 Å². The van der Waals surface area contributed by atoms with Gasteiger partial charge in [-0.05, 0) is 30.9 Å². The second-order valence-corrected chi connectivity index (χ2v) is 4.54. The van der Waals surface area contributed by atoms with Crippen molar-refractivity contribution in [1.82, 2.24) is 5.32 Å². The van der Waals surface area contributed by atoms with Crippen molar-refractivity contribution in [2.24, 2.45) is 0 Å². The van der Waals surface area contributed by atoms with Crippen molar-refractivity contribution < 1.29 is 14.7 Å². The zero-order valence-corrected chi connectivity index (χ0v) is 10.6. The van der Waals surface area contributed by atoms with E-state index in [0.717, 1.165) is 10.5 Å². The molecule has 0 radical (unpaired) electrons. The van der Waals surface area contributed by atoms with Crippen molar-refractivity contribution in [3.05, 3.63) is 29.8 Å². The summed E-state index contributed by atoms with van der Waals surface area (Å²) in [5.41, 5.74) is 0.881. The van der Waals surface area contributed by atoms with Crippen LogP contribution >= 0.6 is 11.8 Å². The van der Waals surface area contributed by atoms with E-state index in [2.05, 4.69) is 5.32 Å². The topological polar surface area (TPSA) is 66.4 Å². The second-order valence-electron chi connectivity index (χ2n) is 3.66. The highest BCUT2D eigenvalue weighted by atomic mass is 32.2. The number of carboxylic acids is 1.